The molecule has 3 rings (SSSR count). The summed E-state index contributed by atoms with van der Waals surface area (Å²) in [5, 5.41) is 6.72. The Morgan fingerprint density at radius 1 is 0.962 bits per heavy atom. The molecule has 0 aliphatic carbocycles. The van der Waals surface area contributed by atoms with Gasteiger partial charge in [-0.2, -0.15) is 5.10 Å². The van der Waals surface area contributed by atoms with Gasteiger partial charge in [-0.05, 0) is 29.3 Å². The van der Waals surface area contributed by atoms with Gasteiger partial charge in [0.1, 0.15) is 11.5 Å². The highest BCUT2D eigenvalue weighted by molar-refractivity contribution is 6.02. The maximum absolute atomic E-state index is 5.91. The molecule has 4 heteroatoms. The molecule has 0 spiro atoms. The lowest BCUT2D eigenvalue weighted by Crippen LogP contribution is -2.07. The molecular weight excluding hydrogens is 324 g/mol. The Bertz CT molecular complexity index is 890. The Hall–Kier alpha value is -3.01. The van der Waals surface area contributed by atoms with E-state index in [1.807, 2.05) is 48.7 Å². The fourth-order valence-corrected chi connectivity index (χ4v) is 2.84. The zero-order valence-electron chi connectivity index (χ0n) is 15.2. The Kier molecular flexibility index (Phi) is 6.09. The molecule has 134 valence electrons. The van der Waals surface area contributed by atoms with Gasteiger partial charge in [0.15, 0.2) is 0 Å². The molecule has 3 aromatic rings. The number of ether oxygens (including phenoxy) is 2. The highest BCUT2D eigenvalue weighted by Crippen LogP contribution is 2.27. The molecule has 0 unspecified atom stereocenters. The summed E-state index contributed by atoms with van der Waals surface area (Å²) in [6, 6.07) is 20.3. The van der Waals surface area contributed by atoms with Crippen molar-refractivity contribution in [2.45, 2.75) is 19.9 Å². The molecule has 0 heterocycles. The molecule has 0 saturated carbocycles. The lowest BCUT2D eigenvalue weighted by molar-refractivity contribution is 0.317. The second kappa shape index (κ2) is 8.90. The summed E-state index contributed by atoms with van der Waals surface area (Å²) < 4.78 is 11.3. The van der Waals surface area contributed by atoms with Crippen molar-refractivity contribution in [3.63, 3.8) is 0 Å². The number of fused-ring (bicyclic) bond motifs is 1. The molecule has 0 aliphatic heterocycles. The predicted octanol–water partition coefficient (Wildman–Crippen LogP) is 4.76. The molecule has 0 amide bonds. The Balaban J connectivity index is 1.81. The van der Waals surface area contributed by atoms with Gasteiger partial charge < -0.3 is 14.9 Å². The van der Waals surface area contributed by atoms with Gasteiger partial charge >= 0.3 is 0 Å². The van der Waals surface area contributed by atoms with Crippen LogP contribution in [0, 0.1) is 0 Å². The standard InChI is InChI=1S/C22H24N2O2/c1-3-14-26-22-13-12-17-8-4-6-10-19(17)20(22)16-24-23-15-18-9-5-7-11-21(18)25-2/h4-13,16,23H,3,14-15H2,1-2H3/b24-16+. The molecule has 0 saturated heterocycles. The van der Waals surface area contributed by atoms with Gasteiger partial charge in [0.05, 0.1) is 26.5 Å². The molecule has 26 heavy (non-hydrogen) atoms. The van der Waals surface area contributed by atoms with Crippen LogP contribution in [0.5, 0.6) is 11.5 Å². The van der Waals surface area contributed by atoms with E-state index in [0.29, 0.717) is 13.2 Å². The summed E-state index contributed by atoms with van der Waals surface area (Å²) in [5.41, 5.74) is 5.16. The summed E-state index contributed by atoms with van der Waals surface area (Å²) in [4.78, 5) is 0. The van der Waals surface area contributed by atoms with Crippen LogP contribution in [-0.2, 0) is 6.54 Å². The lowest BCUT2D eigenvalue weighted by atomic mass is 10.0. The van der Waals surface area contributed by atoms with Crippen LogP contribution in [0.15, 0.2) is 65.8 Å². The van der Waals surface area contributed by atoms with Crippen LogP contribution in [0.25, 0.3) is 10.8 Å². The van der Waals surface area contributed by atoms with Gasteiger partial charge in [-0.3, -0.25) is 0 Å². The second-order valence-electron chi connectivity index (χ2n) is 5.95. The van der Waals surface area contributed by atoms with Crippen LogP contribution in [0.3, 0.4) is 0 Å². The molecule has 1 N–H and O–H groups in total. The Morgan fingerprint density at radius 2 is 1.77 bits per heavy atom. The third kappa shape index (κ3) is 4.14. The summed E-state index contributed by atoms with van der Waals surface area (Å²) in [7, 11) is 1.68. The highest BCUT2D eigenvalue weighted by Gasteiger charge is 2.07. The molecule has 0 aromatic heterocycles. The average molecular weight is 348 g/mol. The van der Waals surface area contributed by atoms with Crippen molar-refractivity contribution in [1.82, 2.24) is 5.43 Å². The van der Waals surface area contributed by atoms with E-state index in [4.69, 9.17) is 9.47 Å². The number of rotatable bonds is 8. The maximum Gasteiger partial charge on any atom is 0.128 e. The van der Waals surface area contributed by atoms with Gasteiger partial charge in [-0.25, -0.2) is 0 Å². The zero-order chi connectivity index (χ0) is 18.2. The number of hydrogen-bond acceptors (Lipinski definition) is 4. The summed E-state index contributed by atoms with van der Waals surface area (Å²) in [6.07, 6.45) is 2.80. The molecular formula is C22H24N2O2. The van der Waals surface area contributed by atoms with Crippen molar-refractivity contribution in [1.29, 1.82) is 0 Å². The van der Waals surface area contributed by atoms with E-state index >= 15 is 0 Å². The van der Waals surface area contributed by atoms with Crippen molar-refractivity contribution in [3.05, 3.63) is 71.8 Å². The minimum atomic E-state index is 0.594. The first-order valence-corrected chi connectivity index (χ1v) is 8.86. The minimum absolute atomic E-state index is 0.594. The SMILES string of the molecule is CCCOc1ccc2ccccc2c1/C=N/NCc1ccccc1OC. The largest absolute Gasteiger partial charge is 0.496 e. The molecule has 0 bridgehead atoms. The third-order valence-electron chi connectivity index (χ3n) is 4.14. The molecule has 0 aliphatic rings. The molecule has 4 nitrogen and oxygen atoms in total. The van der Waals surface area contributed by atoms with Crippen LogP contribution in [0.1, 0.15) is 24.5 Å². The highest BCUT2D eigenvalue weighted by atomic mass is 16.5. The van der Waals surface area contributed by atoms with E-state index in [2.05, 4.69) is 35.7 Å². The van der Waals surface area contributed by atoms with E-state index in [0.717, 1.165) is 34.4 Å². The van der Waals surface area contributed by atoms with Crippen LogP contribution in [-0.4, -0.2) is 19.9 Å². The van der Waals surface area contributed by atoms with E-state index in [1.54, 1.807) is 7.11 Å². The fourth-order valence-electron chi connectivity index (χ4n) is 2.84. The normalized spacial score (nSPS) is 11.0. The van der Waals surface area contributed by atoms with Crippen molar-refractivity contribution in [3.8, 4) is 11.5 Å². The summed E-state index contributed by atoms with van der Waals surface area (Å²) in [5.74, 6) is 1.71. The number of para-hydroxylation sites is 1. The Labute approximate surface area is 154 Å². The smallest absolute Gasteiger partial charge is 0.128 e. The molecule has 0 atom stereocenters. The van der Waals surface area contributed by atoms with Crippen molar-refractivity contribution < 1.29 is 9.47 Å². The summed E-state index contributed by atoms with van der Waals surface area (Å²) >= 11 is 0. The topological polar surface area (TPSA) is 42.8 Å². The van der Waals surface area contributed by atoms with Gasteiger partial charge in [0.2, 0.25) is 0 Å². The first-order chi connectivity index (χ1) is 12.8. The van der Waals surface area contributed by atoms with Gasteiger partial charge in [-0.15, -0.1) is 0 Å². The maximum atomic E-state index is 5.91. The van der Waals surface area contributed by atoms with Crippen LogP contribution in [0.2, 0.25) is 0 Å². The average Bonchev–Trinajstić information content (AvgIpc) is 2.70. The van der Waals surface area contributed by atoms with Crippen molar-refractivity contribution >= 4 is 17.0 Å². The first-order valence-electron chi connectivity index (χ1n) is 8.86. The van der Waals surface area contributed by atoms with Crippen molar-refractivity contribution in [2.75, 3.05) is 13.7 Å². The minimum Gasteiger partial charge on any atom is -0.496 e. The van der Waals surface area contributed by atoms with Crippen molar-refractivity contribution in [2.24, 2.45) is 5.10 Å². The number of benzene rings is 3. The predicted molar refractivity (Wildman–Crippen MR) is 107 cm³/mol. The van der Waals surface area contributed by atoms with Crippen LogP contribution in [0.4, 0.5) is 0 Å². The summed E-state index contributed by atoms with van der Waals surface area (Å²) in [6.45, 7) is 3.38. The van der Waals surface area contributed by atoms with Crippen LogP contribution >= 0.6 is 0 Å². The number of hydrazone groups is 1. The quantitative estimate of drug-likeness (QED) is 0.471. The zero-order valence-corrected chi connectivity index (χ0v) is 15.2. The van der Waals surface area contributed by atoms with E-state index in [1.165, 1.54) is 5.39 Å². The molecule has 0 radical (unpaired) electrons. The molecule has 0 fully saturated rings. The lowest BCUT2D eigenvalue weighted by Gasteiger charge is -2.11. The Morgan fingerprint density at radius 3 is 2.62 bits per heavy atom. The first kappa shape index (κ1) is 17.8. The third-order valence-corrected chi connectivity index (χ3v) is 4.14. The fraction of sp³-hybridized carbons (Fsp3) is 0.227. The monoisotopic (exact) mass is 348 g/mol. The van der Waals surface area contributed by atoms with Gasteiger partial charge in [0.25, 0.3) is 0 Å². The van der Waals surface area contributed by atoms with E-state index in [9.17, 15) is 0 Å². The van der Waals surface area contributed by atoms with E-state index < -0.39 is 0 Å². The second-order valence-corrected chi connectivity index (χ2v) is 5.95. The number of nitrogens with zero attached hydrogens (tertiary/aromatic N) is 1. The number of nitrogens with one attached hydrogen (secondary N) is 1. The number of hydrogen-bond donors (Lipinski definition) is 1. The molecule has 3 aromatic carbocycles. The van der Waals surface area contributed by atoms with Crippen LogP contribution < -0.4 is 14.9 Å². The van der Waals surface area contributed by atoms with E-state index in [-0.39, 0.29) is 0 Å². The van der Waals surface area contributed by atoms with Gasteiger partial charge in [-0.1, -0.05) is 55.5 Å². The number of methoxy groups -OCH3 is 1. The van der Waals surface area contributed by atoms with Gasteiger partial charge in [0, 0.05) is 11.1 Å².